The molecule has 0 radical (unpaired) electrons. The molecule has 0 bridgehead atoms. The molecule has 2 aliphatic carbocycles. The van der Waals surface area contributed by atoms with Crippen LogP contribution in [0.15, 0.2) is 12.1 Å². The summed E-state index contributed by atoms with van der Waals surface area (Å²) in [5.41, 5.74) is 4.93. The minimum Gasteiger partial charge on any atom is -0.294 e. The van der Waals surface area contributed by atoms with E-state index in [2.05, 4.69) is 26.0 Å². The molecule has 0 aromatic heterocycles. The molecule has 1 nitrogen and oxygen atoms in total. The van der Waals surface area contributed by atoms with Crippen LogP contribution >= 0.6 is 0 Å². The van der Waals surface area contributed by atoms with Gasteiger partial charge in [-0.2, -0.15) is 0 Å². The van der Waals surface area contributed by atoms with E-state index in [0.717, 1.165) is 12.0 Å². The van der Waals surface area contributed by atoms with E-state index in [9.17, 15) is 4.79 Å². The van der Waals surface area contributed by atoms with Gasteiger partial charge in [0, 0.05) is 11.5 Å². The predicted octanol–water partition coefficient (Wildman–Crippen LogP) is 3.38. The van der Waals surface area contributed by atoms with Crippen LogP contribution in [-0.2, 0) is 0 Å². The van der Waals surface area contributed by atoms with Crippen molar-refractivity contribution in [2.45, 2.75) is 39.0 Å². The van der Waals surface area contributed by atoms with Crippen LogP contribution in [-0.4, -0.2) is 5.78 Å². The van der Waals surface area contributed by atoms with Crippen molar-refractivity contribution in [2.24, 2.45) is 5.92 Å². The molecule has 0 saturated heterocycles. The van der Waals surface area contributed by atoms with Crippen LogP contribution in [0, 0.1) is 19.8 Å². The molecule has 78 valence electrons. The van der Waals surface area contributed by atoms with Crippen LogP contribution in [0.25, 0.3) is 0 Å². The standard InChI is InChI=1S/C14H16O/c1-8-6-7-9(2)13-12(8)10-4-3-5-11(10)14(13)15/h6-7,10-11H,3-5H2,1-2H3. The van der Waals surface area contributed by atoms with Crippen LogP contribution in [0.2, 0.25) is 0 Å². The fourth-order valence-corrected chi connectivity index (χ4v) is 3.44. The first-order valence-corrected chi connectivity index (χ1v) is 5.84. The molecule has 0 aliphatic heterocycles. The summed E-state index contributed by atoms with van der Waals surface area (Å²) in [7, 11) is 0. The van der Waals surface area contributed by atoms with Crippen molar-refractivity contribution in [3.8, 4) is 0 Å². The van der Waals surface area contributed by atoms with E-state index in [0.29, 0.717) is 17.6 Å². The zero-order valence-corrected chi connectivity index (χ0v) is 9.34. The summed E-state index contributed by atoms with van der Waals surface area (Å²) < 4.78 is 0. The SMILES string of the molecule is Cc1ccc(C)c2c1C(=O)C1CCCC21. The van der Waals surface area contributed by atoms with Gasteiger partial charge in [0.25, 0.3) is 0 Å². The maximum absolute atomic E-state index is 12.3. The van der Waals surface area contributed by atoms with E-state index in [1.54, 1.807) is 0 Å². The first-order valence-electron chi connectivity index (χ1n) is 5.84. The lowest BCUT2D eigenvalue weighted by atomic mass is 9.92. The van der Waals surface area contributed by atoms with Gasteiger partial charge in [0.05, 0.1) is 0 Å². The summed E-state index contributed by atoms with van der Waals surface area (Å²) >= 11 is 0. The molecule has 1 fully saturated rings. The van der Waals surface area contributed by atoms with Gasteiger partial charge in [0.15, 0.2) is 5.78 Å². The Morgan fingerprint density at radius 3 is 2.53 bits per heavy atom. The molecule has 1 saturated carbocycles. The Balaban J connectivity index is 2.27. The first kappa shape index (κ1) is 9.14. The van der Waals surface area contributed by atoms with Crippen LogP contribution < -0.4 is 0 Å². The van der Waals surface area contributed by atoms with Crippen LogP contribution in [0.4, 0.5) is 0 Å². The van der Waals surface area contributed by atoms with Crippen molar-refractivity contribution in [1.82, 2.24) is 0 Å². The van der Waals surface area contributed by atoms with Gasteiger partial charge >= 0.3 is 0 Å². The molecule has 2 unspecified atom stereocenters. The normalized spacial score (nSPS) is 28.0. The Labute approximate surface area is 90.5 Å². The highest BCUT2D eigenvalue weighted by Crippen LogP contribution is 2.49. The summed E-state index contributed by atoms with van der Waals surface area (Å²) in [6.07, 6.45) is 3.55. The highest BCUT2D eigenvalue weighted by atomic mass is 16.1. The molecule has 2 aliphatic rings. The summed E-state index contributed by atoms with van der Waals surface area (Å²) in [6.45, 7) is 4.21. The van der Waals surface area contributed by atoms with E-state index in [1.165, 1.54) is 29.5 Å². The van der Waals surface area contributed by atoms with E-state index < -0.39 is 0 Å². The highest BCUT2D eigenvalue weighted by molar-refractivity contribution is 6.05. The van der Waals surface area contributed by atoms with Gasteiger partial charge in [-0.1, -0.05) is 18.6 Å². The van der Waals surface area contributed by atoms with Crippen LogP contribution in [0.1, 0.15) is 52.2 Å². The zero-order valence-electron chi connectivity index (χ0n) is 9.34. The molecule has 3 rings (SSSR count). The number of ketones is 1. The third-order valence-corrected chi connectivity index (χ3v) is 4.14. The second-order valence-corrected chi connectivity index (χ2v) is 5.00. The van der Waals surface area contributed by atoms with Crippen molar-refractivity contribution in [3.05, 3.63) is 34.4 Å². The van der Waals surface area contributed by atoms with Gasteiger partial charge in [-0.05, 0) is 49.3 Å². The maximum Gasteiger partial charge on any atom is 0.167 e. The number of fused-ring (bicyclic) bond motifs is 3. The summed E-state index contributed by atoms with van der Waals surface area (Å²) in [6, 6.07) is 4.26. The minimum atomic E-state index is 0.319. The van der Waals surface area contributed by atoms with Gasteiger partial charge in [-0.15, -0.1) is 0 Å². The lowest BCUT2D eigenvalue weighted by Crippen LogP contribution is -2.07. The minimum absolute atomic E-state index is 0.319. The smallest absolute Gasteiger partial charge is 0.167 e. The average Bonchev–Trinajstić information content (AvgIpc) is 2.76. The summed E-state index contributed by atoms with van der Waals surface area (Å²) in [5.74, 6) is 1.29. The third-order valence-electron chi connectivity index (χ3n) is 4.14. The third kappa shape index (κ3) is 1.06. The second-order valence-electron chi connectivity index (χ2n) is 5.00. The number of hydrogen-bond donors (Lipinski definition) is 0. The molecule has 0 heterocycles. The molecule has 15 heavy (non-hydrogen) atoms. The topological polar surface area (TPSA) is 17.1 Å². The van der Waals surface area contributed by atoms with E-state index in [4.69, 9.17) is 0 Å². The largest absolute Gasteiger partial charge is 0.294 e. The number of Topliss-reactive ketones (excluding diaryl/α,β-unsaturated/α-hetero) is 1. The van der Waals surface area contributed by atoms with Gasteiger partial charge in [0.1, 0.15) is 0 Å². The molecular weight excluding hydrogens is 184 g/mol. The Morgan fingerprint density at radius 1 is 1.07 bits per heavy atom. The van der Waals surface area contributed by atoms with Gasteiger partial charge in [-0.25, -0.2) is 0 Å². The number of carbonyl (C=O) groups is 1. The molecule has 1 aromatic carbocycles. The summed E-state index contributed by atoms with van der Waals surface area (Å²) in [4.78, 5) is 12.3. The number of rotatable bonds is 0. The molecular formula is C14H16O. The molecule has 0 amide bonds. The number of hydrogen-bond acceptors (Lipinski definition) is 1. The Kier molecular flexibility index (Phi) is 1.79. The van der Waals surface area contributed by atoms with Gasteiger partial charge in [-0.3, -0.25) is 4.79 Å². The summed E-state index contributed by atoms with van der Waals surface area (Å²) in [5, 5.41) is 0. The van der Waals surface area contributed by atoms with Crippen LogP contribution in [0.5, 0.6) is 0 Å². The maximum atomic E-state index is 12.3. The average molecular weight is 200 g/mol. The van der Waals surface area contributed by atoms with Gasteiger partial charge < -0.3 is 0 Å². The van der Waals surface area contributed by atoms with E-state index in [1.807, 2.05) is 0 Å². The number of carbonyl (C=O) groups excluding carboxylic acids is 1. The predicted molar refractivity (Wildman–Crippen MR) is 60.3 cm³/mol. The fraction of sp³-hybridized carbons (Fsp3) is 0.500. The van der Waals surface area contributed by atoms with Crippen molar-refractivity contribution in [1.29, 1.82) is 0 Å². The lowest BCUT2D eigenvalue weighted by Gasteiger charge is -2.11. The van der Waals surface area contributed by atoms with Crippen molar-refractivity contribution in [2.75, 3.05) is 0 Å². The Hall–Kier alpha value is -1.11. The fourth-order valence-electron chi connectivity index (χ4n) is 3.44. The van der Waals surface area contributed by atoms with E-state index >= 15 is 0 Å². The highest BCUT2D eigenvalue weighted by Gasteiger charge is 2.43. The quantitative estimate of drug-likeness (QED) is 0.627. The molecule has 0 spiro atoms. The molecule has 1 aromatic rings. The van der Waals surface area contributed by atoms with Crippen molar-refractivity contribution in [3.63, 3.8) is 0 Å². The van der Waals surface area contributed by atoms with Gasteiger partial charge in [0.2, 0.25) is 0 Å². The number of benzene rings is 1. The van der Waals surface area contributed by atoms with Crippen molar-refractivity contribution < 1.29 is 4.79 Å². The second kappa shape index (κ2) is 2.94. The zero-order chi connectivity index (χ0) is 10.6. The monoisotopic (exact) mass is 200 g/mol. The molecule has 0 N–H and O–H groups in total. The molecule has 2 atom stereocenters. The van der Waals surface area contributed by atoms with Crippen molar-refractivity contribution >= 4 is 5.78 Å². The van der Waals surface area contributed by atoms with Crippen LogP contribution in [0.3, 0.4) is 0 Å². The Morgan fingerprint density at radius 2 is 1.73 bits per heavy atom. The Bertz CT molecular complexity index is 445. The first-order chi connectivity index (χ1) is 7.20. The molecule has 1 heteroatoms. The van der Waals surface area contributed by atoms with E-state index in [-0.39, 0.29) is 0 Å². The lowest BCUT2D eigenvalue weighted by molar-refractivity contribution is 0.0932. The number of aryl methyl sites for hydroxylation is 2.